The standard InChI is InChI=1S/C25H29N5OS2/c31-25(29-11-4-5-12-29)30-15-13-28(14-16-30)23-22-19-9-6-10-20(19)33-24(22)27-21(26-23)17-32-18-7-2-1-3-8-18/h1-3,7-8H,4-6,9-17H2. The average Bonchev–Trinajstić information content (AvgIpc) is 3.60. The van der Waals surface area contributed by atoms with Gasteiger partial charge in [0.05, 0.1) is 11.1 Å². The second-order valence-electron chi connectivity index (χ2n) is 9.05. The zero-order valence-electron chi connectivity index (χ0n) is 18.8. The van der Waals surface area contributed by atoms with Crippen LogP contribution in [0, 0.1) is 0 Å². The largest absolute Gasteiger partial charge is 0.352 e. The van der Waals surface area contributed by atoms with Gasteiger partial charge in [-0.2, -0.15) is 0 Å². The van der Waals surface area contributed by atoms with Crippen molar-refractivity contribution in [2.24, 2.45) is 0 Å². The molecular weight excluding hydrogens is 450 g/mol. The molecule has 2 amide bonds. The van der Waals surface area contributed by atoms with E-state index in [9.17, 15) is 4.79 Å². The first-order valence-electron chi connectivity index (χ1n) is 12.0. The summed E-state index contributed by atoms with van der Waals surface area (Å²) in [6, 6.07) is 10.7. The van der Waals surface area contributed by atoms with E-state index in [1.807, 2.05) is 27.2 Å². The Labute approximate surface area is 203 Å². The molecule has 4 heterocycles. The van der Waals surface area contributed by atoms with Crippen molar-refractivity contribution in [2.75, 3.05) is 44.2 Å². The van der Waals surface area contributed by atoms with Gasteiger partial charge in [0.2, 0.25) is 0 Å². The molecule has 1 aliphatic carbocycles. The van der Waals surface area contributed by atoms with Gasteiger partial charge in [0.15, 0.2) is 0 Å². The van der Waals surface area contributed by atoms with Gasteiger partial charge in [0, 0.05) is 49.0 Å². The van der Waals surface area contributed by atoms with Gasteiger partial charge in [0.1, 0.15) is 16.5 Å². The van der Waals surface area contributed by atoms with E-state index in [1.165, 1.54) is 33.6 Å². The number of hydrogen-bond donors (Lipinski definition) is 0. The van der Waals surface area contributed by atoms with Crippen molar-refractivity contribution in [3.63, 3.8) is 0 Å². The number of fused-ring (bicyclic) bond motifs is 3. The van der Waals surface area contributed by atoms with E-state index < -0.39 is 0 Å². The highest BCUT2D eigenvalue weighted by Gasteiger charge is 2.30. The highest BCUT2D eigenvalue weighted by atomic mass is 32.2. The summed E-state index contributed by atoms with van der Waals surface area (Å²) < 4.78 is 0. The lowest BCUT2D eigenvalue weighted by Crippen LogP contribution is -2.52. The molecule has 3 aliphatic rings. The van der Waals surface area contributed by atoms with Crippen LogP contribution in [0.15, 0.2) is 35.2 Å². The van der Waals surface area contributed by atoms with E-state index in [0.717, 1.165) is 80.8 Å². The molecule has 2 aliphatic heterocycles. The maximum Gasteiger partial charge on any atom is 0.320 e. The fourth-order valence-electron chi connectivity index (χ4n) is 5.20. The second kappa shape index (κ2) is 9.14. The fourth-order valence-corrected chi connectivity index (χ4v) is 7.24. The minimum absolute atomic E-state index is 0.219. The minimum atomic E-state index is 0.219. The van der Waals surface area contributed by atoms with Crippen LogP contribution in [0.25, 0.3) is 10.2 Å². The molecule has 1 aromatic carbocycles. The lowest BCUT2D eigenvalue weighted by Gasteiger charge is -2.37. The number of piperazine rings is 1. The van der Waals surface area contributed by atoms with Gasteiger partial charge in [-0.05, 0) is 49.8 Å². The molecule has 2 fully saturated rings. The maximum atomic E-state index is 12.8. The number of aryl methyl sites for hydroxylation is 2. The summed E-state index contributed by atoms with van der Waals surface area (Å²) in [6.07, 6.45) is 5.81. The highest BCUT2D eigenvalue weighted by molar-refractivity contribution is 7.98. The van der Waals surface area contributed by atoms with Crippen LogP contribution in [-0.2, 0) is 18.6 Å². The van der Waals surface area contributed by atoms with Gasteiger partial charge in [-0.15, -0.1) is 23.1 Å². The summed E-state index contributed by atoms with van der Waals surface area (Å²) >= 11 is 3.65. The molecule has 0 unspecified atom stereocenters. The van der Waals surface area contributed by atoms with E-state index in [0.29, 0.717) is 0 Å². The number of thiophene rings is 1. The average molecular weight is 480 g/mol. The number of aromatic nitrogens is 2. The third kappa shape index (κ3) is 4.19. The molecule has 0 radical (unpaired) electrons. The number of carbonyl (C=O) groups is 1. The summed E-state index contributed by atoms with van der Waals surface area (Å²) in [5.41, 5.74) is 1.47. The number of carbonyl (C=O) groups excluding carboxylic acids is 1. The molecule has 2 saturated heterocycles. The Morgan fingerprint density at radius 1 is 0.909 bits per heavy atom. The first kappa shape index (κ1) is 21.2. The second-order valence-corrected chi connectivity index (χ2v) is 11.2. The minimum Gasteiger partial charge on any atom is -0.352 e. The monoisotopic (exact) mass is 479 g/mol. The van der Waals surface area contributed by atoms with Crippen LogP contribution in [0.1, 0.15) is 35.5 Å². The smallest absolute Gasteiger partial charge is 0.320 e. The molecule has 6 nitrogen and oxygen atoms in total. The molecule has 0 N–H and O–H groups in total. The van der Waals surface area contributed by atoms with Crippen molar-refractivity contribution < 1.29 is 4.79 Å². The third-order valence-corrected chi connectivity index (χ3v) is 9.12. The molecule has 0 saturated carbocycles. The van der Waals surface area contributed by atoms with Crippen LogP contribution in [0.2, 0.25) is 0 Å². The zero-order valence-corrected chi connectivity index (χ0v) is 20.5. The van der Waals surface area contributed by atoms with Crippen molar-refractivity contribution in [1.29, 1.82) is 0 Å². The SMILES string of the molecule is O=C(N1CCCC1)N1CCN(c2nc(CSc3ccccc3)nc3sc4c(c23)CCC4)CC1. The molecule has 3 aromatic rings. The number of thioether (sulfide) groups is 1. The number of nitrogens with zero attached hydrogens (tertiary/aromatic N) is 5. The van der Waals surface area contributed by atoms with Crippen molar-refractivity contribution in [3.05, 3.63) is 46.6 Å². The number of benzene rings is 1. The topological polar surface area (TPSA) is 52.6 Å². The van der Waals surface area contributed by atoms with E-state index in [2.05, 4.69) is 29.2 Å². The number of hydrogen-bond acceptors (Lipinski definition) is 6. The predicted molar refractivity (Wildman–Crippen MR) is 135 cm³/mol. The Bertz CT molecular complexity index is 1150. The van der Waals surface area contributed by atoms with Crippen molar-refractivity contribution in [2.45, 2.75) is 42.8 Å². The summed E-state index contributed by atoms with van der Waals surface area (Å²) in [5, 5.41) is 1.28. The summed E-state index contributed by atoms with van der Waals surface area (Å²) in [7, 11) is 0. The van der Waals surface area contributed by atoms with Crippen molar-refractivity contribution >= 4 is 45.2 Å². The van der Waals surface area contributed by atoms with Crippen molar-refractivity contribution in [3.8, 4) is 0 Å². The first-order valence-corrected chi connectivity index (χ1v) is 13.8. The summed E-state index contributed by atoms with van der Waals surface area (Å²) in [6.45, 7) is 5.02. The van der Waals surface area contributed by atoms with Crippen LogP contribution in [0.3, 0.4) is 0 Å². The Balaban J connectivity index is 1.25. The van der Waals surface area contributed by atoms with Gasteiger partial charge in [-0.1, -0.05) is 18.2 Å². The molecule has 0 atom stereocenters. The fraction of sp³-hybridized carbons (Fsp3) is 0.480. The van der Waals surface area contributed by atoms with Gasteiger partial charge >= 0.3 is 6.03 Å². The molecule has 8 heteroatoms. The van der Waals surface area contributed by atoms with E-state index in [-0.39, 0.29) is 6.03 Å². The summed E-state index contributed by atoms with van der Waals surface area (Å²) in [5.74, 6) is 2.77. The van der Waals surface area contributed by atoms with Gasteiger partial charge in [0.25, 0.3) is 0 Å². The normalized spacial score (nSPS) is 18.4. The molecule has 2 aromatic heterocycles. The number of likely N-dealkylation sites (tertiary alicyclic amines) is 1. The first-order chi connectivity index (χ1) is 16.3. The maximum absolute atomic E-state index is 12.8. The van der Waals surface area contributed by atoms with Crippen LogP contribution < -0.4 is 4.90 Å². The van der Waals surface area contributed by atoms with Crippen molar-refractivity contribution in [1.82, 2.24) is 19.8 Å². The molecule has 6 rings (SSSR count). The van der Waals surface area contributed by atoms with E-state index >= 15 is 0 Å². The summed E-state index contributed by atoms with van der Waals surface area (Å²) in [4.78, 5) is 33.3. The lowest BCUT2D eigenvalue weighted by atomic mass is 10.1. The van der Waals surface area contributed by atoms with Gasteiger partial charge in [-0.3, -0.25) is 0 Å². The molecule has 33 heavy (non-hydrogen) atoms. The lowest BCUT2D eigenvalue weighted by molar-refractivity contribution is 0.159. The Morgan fingerprint density at radius 2 is 1.67 bits per heavy atom. The molecule has 0 bridgehead atoms. The number of amides is 2. The van der Waals surface area contributed by atoms with E-state index in [1.54, 1.807) is 11.8 Å². The predicted octanol–water partition coefficient (Wildman–Crippen LogP) is 4.81. The highest BCUT2D eigenvalue weighted by Crippen LogP contribution is 2.41. The molecule has 0 spiro atoms. The van der Waals surface area contributed by atoms with Gasteiger partial charge < -0.3 is 14.7 Å². The van der Waals surface area contributed by atoms with Crippen LogP contribution >= 0.6 is 23.1 Å². The quantitative estimate of drug-likeness (QED) is 0.503. The number of rotatable bonds is 4. The van der Waals surface area contributed by atoms with Crippen LogP contribution in [0.5, 0.6) is 0 Å². The zero-order chi connectivity index (χ0) is 22.2. The number of anilines is 1. The molecule has 172 valence electrons. The third-order valence-electron chi connectivity index (χ3n) is 6.93. The Kier molecular flexibility index (Phi) is 5.88. The Hall–Kier alpha value is -2.32. The van der Waals surface area contributed by atoms with Gasteiger partial charge in [-0.25, -0.2) is 14.8 Å². The van der Waals surface area contributed by atoms with Crippen LogP contribution in [-0.4, -0.2) is 65.1 Å². The Morgan fingerprint density at radius 3 is 2.45 bits per heavy atom. The molecular formula is C25H29N5OS2. The van der Waals surface area contributed by atoms with Crippen LogP contribution in [0.4, 0.5) is 10.6 Å². The van der Waals surface area contributed by atoms with E-state index in [4.69, 9.17) is 9.97 Å². The number of urea groups is 1.